The number of hydrogen-bond acceptors (Lipinski definition) is 5. The Kier molecular flexibility index (Phi) is 8.22. The molecule has 0 aromatic heterocycles. The van der Waals surface area contributed by atoms with Gasteiger partial charge in [-0.3, -0.25) is 9.59 Å². The van der Waals surface area contributed by atoms with E-state index in [2.05, 4.69) is 10.6 Å². The maximum Gasteiger partial charge on any atom is 0.326 e. The molecule has 0 unspecified atom stereocenters. The number of aromatic hydroxyl groups is 2. The molecule has 2 atom stereocenters. The fourth-order valence-corrected chi connectivity index (χ4v) is 2.91. The van der Waals surface area contributed by atoms with Crippen LogP contribution in [-0.2, 0) is 27.2 Å². The minimum Gasteiger partial charge on any atom is -0.508 e. The highest BCUT2D eigenvalue weighted by atomic mass is 16.4. The van der Waals surface area contributed by atoms with Gasteiger partial charge in [0.2, 0.25) is 11.8 Å². The SMILES string of the molecule is CCCC(=O)N[C@@H](Cc1ccc(O)cc1)C(=O)N[C@@H](Cc1ccc(O)cc1)C(=O)O. The predicted molar refractivity (Wildman–Crippen MR) is 110 cm³/mol. The van der Waals surface area contributed by atoms with Crippen LogP contribution in [0.3, 0.4) is 0 Å². The van der Waals surface area contributed by atoms with Crippen LogP contribution in [0.4, 0.5) is 0 Å². The van der Waals surface area contributed by atoms with Crippen molar-refractivity contribution in [2.75, 3.05) is 0 Å². The van der Waals surface area contributed by atoms with Crippen molar-refractivity contribution in [1.82, 2.24) is 10.6 Å². The Balaban J connectivity index is 2.14. The van der Waals surface area contributed by atoms with Crippen molar-refractivity contribution in [3.05, 3.63) is 59.7 Å². The molecule has 0 bridgehead atoms. The summed E-state index contributed by atoms with van der Waals surface area (Å²) < 4.78 is 0. The Morgan fingerprint density at radius 1 is 0.800 bits per heavy atom. The Labute approximate surface area is 174 Å². The van der Waals surface area contributed by atoms with E-state index in [0.29, 0.717) is 17.5 Å². The summed E-state index contributed by atoms with van der Waals surface area (Å²) in [6.07, 6.45) is 1.02. The molecule has 0 heterocycles. The normalized spacial score (nSPS) is 12.6. The molecule has 0 aliphatic rings. The summed E-state index contributed by atoms with van der Waals surface area (Å²) in [7, 11) is 0. The highest BCUT2D eigenvalue weighted by Crippen LogP contribution is 2.13. The van der Waals surface area contributed by atoms with Crippen LogP contribution in [0.2, 0.25) is 0 Å². The Morgan fingerprint density at radius 2 is 1.27 bits per heavy atom. The average Bonchev–Trinajstić information content (AvgIpc) is 2.70. The zero-order chi connectivity index (χ0) is 22.1. The van der Waals surface area contributed by atoms with Gasteiger partial charge in [-0.25, -0.2) is 4.79 Å². The van der Waals surface area contributed by atoms with Crippen LogP contribution in [0.5, 0.6) is 11.5 Å². The van der Waals surface area contributed by atoms with E-state index < -0.39 is 24.0 Å². The first-order valence-electron chi connectivity index (χ1n) is 9.66. The summed E-state index contributed by atoms with van der Waals surface area (Å²) in [4.78, 5) is 36.6. The van der Waals surface area contributed by atoms with Gasteiger partial charge >= 0.3 is 5.97 Å². The number of carbonyl (C=O) groups excluding carboxylic acids is 2. The minimum atomic E-state index is -1.21. The van der Waals surface area contributed by atoms with E-state index >= 15 is 0 Å². The van der Waals surface area contributed by atoms with Gasteiger partial charge in [0.1, 0.15) is 23.6 Å². The van der Waals surface area contributed by atoms with Gasteiger partial charge in [0, 0.05) is 19.3 Å². The van der Waals surface area contributed by atoms with Crippen molar-refractivity contribution in [1.29, 1.82) is 0 Å². The summed E-state index contributed by atoms with van der Waals surface area (Å²) in [5.41, 5.74) is 1.33. The van der Waals surface area contributed by atoms with Crippen molar-refractivity contribution >= 4 is 17.8 Å². The number of amides is 2. The molecule has 160 valence electrons. The van der Waals surface area contributed by atoms with Crippen LogP contribution in [-0.4, -0.2) is 45.2 Å². The lowest BCUT2D eigenvalue weighted by Crippen LogP contribution is -2.53. The summed E-state index contributed by atoms with van der Waals surface area (Å²) in [5, 5.41) is 33.5. The average molecular weight is 414 g/mol. The molecule has 0 saturated heterocycles. The molecular formula is C22H26N2O6. The number of phenolic OH excluding ortho intramolecular Hbond substituents is 2. The number of carbonyl (C=O) groups is 3. The van der Waals surface area contributed by atoms with E-state index in [4.69, 9.17) is 0 Å². The summed E-state index contributed by atoms with van der Waals surface area (Å²) >= 11 is 0. The van der Waals surface area contributed by atoms with Crippen LogP contribution >= 0.6 is 0 Å². The lowest BCUT2D eigenvalue weighted by molar-refractivity contribution is -0.142. The number of phenols is 2. The fourth-order valence-electron chi connectivity index (χ4n) is 2.91. The number of carboxylic acids is 1. The topological polar surface area (TPSA) is 136 Å². The monoisotopic (exact) mass is 414 g/mol. The van der Waals surface area contributed by atoms with Gasteiger partial charge in [0.05, 0.1) is 0 Å². The molecule has 0 saturated carbocycles. The summed E-state index contributed by atoms with van der Waals surface area (Å²) in [6.45, 7) is 1.84. The molecule has 30 heavy (non-hydrogen) atoms. The lowest BCUT2D eigenvalue weighted by Gasteiger charge is -2.22. The first-order chi connectivity index (χ1) is 14.3. The van der Waals surface area contributed by atoms with Crippen molar-refractivity contribution < 1.29 is 29.7 Å². The Bertz CT molecular complexity index is 864. The molecule has 0 aliphatic carbocycles. The second-order valence-electron chi connectivity index (χ2n) is 7.01. The summed E-state index contributed by atoms with van der Waals surface area (Å²) in [6, 6.07) is 10.1. The molecule has 2 aromatic carbocycles. The van der Waals surface area contributed by atoms with Crippen LogP contribution in [0.1, 0.15) is 30.9 Å². The van der Waals surface area contributed by atoms with Gasteiger partial charge in [-0.2, -0.15) is 0 Å². The second kappa shape index (κ2) is 10.8. The Hall–Kier alpha value is -3.55. The molecule has 5 N–H and O–H groups in total. The van der Waals surface area contributed by atoms with Gasteiger partial charge in [-0.1, -0.05) is 31.2 Å². The largest absolute Gasteiger partial charge is 0.508 e. The lowest BCUT2D eigenvalue weighted by atomic mass is 10.0. The van der Waals surface area contributed by atoms with E-state index in [0.717, 1.165) is 0 Å². The van der Waals surface area contributed by atoms with Crippen molar-refractivity contribution in [2.45, 2.75) is 44.7 Å². The molecule has 0 fully saturated rings. The van der Waals surface area contributed by atoms with Crippen LogP contribution in [0, 0.1) is 0 Å². The van der Waals surface area contributed by atoms with Crippen LogP contribution < -0.4 is 10.6 Å². The van der Waals surface area contributed by atoms with Gasteiger partial charge in [-0.05, 0) is 41.8 Å². The predicted octanol–water partition coefficient (Wildman–Crippen LogP) is 1.74. The van der Waals surface area contributed by atoms with Gasteiger partial charge in [-0.15, -0.1) is 0 Å². The van der Waals surface area contributed by atoms with Crippen molar-refractivity contribution in [2.24, 2.45) is 0 Å². The minimum absolute atomic E-state index is 0.0240. The number of carboxylic acid groups (broad SMARTS) is 1. The number of aliphatic carboxylic acids is 1. The van der Waals surface area contributed by atoms with E-state index in [1.807, 2.05) is 6.92 Å². The fraction of sp³-hybridized carbons (Fsp3) is 0.318. The molecule has 0 radical (unpaired) electrons. The number of hydrogen-bond donors (Lipinski definition) is 5. The third-order valence-electron chi connectivity index (χ3n) is 4.50. The highest BCUT2D eigenvalue weighted by Gasteiger charge is 2.27. The first kappa shape index (κ1) is 22.7. The number of rotatable bonds is 10. The van der Waals surface area contributed by atoms with Crippen LogP contribution in [0.15, 0.2) is 48.5 Å². The number of benzene rings is 2. The molecule has 0 spiro atoms. The maximum absolute atomic E-state index is 12.8. The van der Waals surface area contributed by atoms with Crippen LogP contribution in [0.25, 0.3) is 0 Å². The third-order valence-corrected chi connectivity index (χ3v) is 4.50. The van der Waals surface area contributed by atoms with E-state index in [-0.39, 0.29) is 36.7 Å². The molecule has 2 amide bonds. The molecule has 2 rings (SSSR count). The standard InChI is InChI=1S/C22H26N2O6/c1-2-3-20(27)23-18(12-14-4-8-16(25)9-5-14)21(28)24-19(22(29)30)13-15-6-10-17(26)11-7-15/h4-11,18-19,25-26H,2-3,12-13H2,1H3,(H,23,27)(H,24,28)(H,29,30)/t18-,19-/m0/s1. The highest BCUT2D eigenvalue weighted by molar-refractivity contribution is 5.90. The van der Waals surface area contributed by atoms with E-state index in [1.165, 1.54) is 24.3 Å². The molecule has 2 aromatic rings. The maximum atomic E-state index is 12.8. The Morgan fingerprint density at radius 3 is 1.70 bits per heavy atom. The van der Waals surface area contributed by atoms with E-state index in [9.17, 15) is 29.7 Å². The van der Waals surface area contributed by atoms with Gasteiger partial charge in [0.25, 0.3) is 0 Å². The van der Waals surface area contributed by atoms with Crippen molar-refractivity contribution in [3.8, 4) is 11.5 Å². The first-order valence-corrected chi connectivity index (χ1v) is 9.66. The zero-order valence-electron chi connectivity index (χ0n) is 16.7. The number of nitrogens with one attached hydrogen (secondary N) is 2. The van der Waals surface area contributed by atoms with Gasteiger partial charge < -0.3 is 26.0 Å². The third kappa shape index (κ3) is 7.12. The molecular weight excluding hydrogens is 388 g/mol. The van der Waals surface area contributed by atoms with E-state index in [1.54, 1.807) is 24.3 Å². The quantitative estimate of drug-likeness (QED) is 0.402. The zero-order valence-corrected chi connectivity index (χ0v) is 16.7. The van der Waals surface area contributed by atoms with Crippen molar-refractivity contribution in [3.63, 3.8) is 0 Å². The summed E-state index contributed by atoms with van der Waals surface area (Å²) in [5.74, 6) is -1.99. The van der Waals surface area contributed by atoms with Gasteiger partial charge in [0.15, 0.2) is 0 Å². The molecule has 0 aliphatic heterocycles. The molecule has 8 heteroatoms. The second-order valence-corrected chi connectivity index (χ2v) is 7.01. The smallest absolute Gasteiger partial charge is 0.326 e. The molecule has 8 nitrogen and oxygen atoms in total.